The second kappa shape index (κ2) is 6.32. The Labute approximate surface area is 125 Å². The van der Waals surface area contributed by atoms with Gasteiger partial charge in [0.05, 0.1) is 23.0 Å². The molecule has 1 aliphatic heterocycles. The van der Waals surface area contributed by atoms with Gasteiger partial charge in [-0.1, -0.05) is 0 Å². The number of carbonyl (C=O) groups is 1. The van der Waals surface area contributed by atoms with Crippen LogP contribution in [0.5, 0.6) is 0 Å². The predicted octanol–water partition coefficient (Wildman–Crippen LogP) is 1.08. The Morgan fingerprint density at radius 3 is 2.89 bits per heavy atom. The molecule has 1 aromatic rings. The predicted molar refractivity (Wildman–Crippen MR) is 78.9 cm³/mol. The van der Waals surface area contributed by atoms with E-state index in [2.05, 4.69) is 20.8 Å². The molecule has 1 aromatic heterocycles. The van der Waals surface area contributed by atoms with E-state index in [1.807, 2.05) is 19.1 Å². The average molecular weight is 348 g/mol. The second-order valence-corrected chi connectivity index (χ2v) is 7.17. The van der Waals surface area contributed by atoms with Gasteiger partial charge in [-0.25, -0.2) is 0 Å². The van der Waals surface area contributed by atoms with Gasteiger partial charge in [-0.2, -0.15) is 0 Å². The van der Waals surface area contributed by atoms with E-state index >= 15 is 0 Å². The standard InChI is InChI=1S/C12H18BrN3O2S/c1-7(14)11(9-2-3-10(13)19-9)16-4-5-18-6-8(16)12(15)17/h2-3,7-8,11H,4-6,14H2,1H3,(H2,15,17). The van der Waals surface area contributed by atoms with Gasteiger partial charge < -0.3 is 16.2 Å². The first-order valence-electron chi connectivity index (χ1n) is 6.14. The quantitative estimate of drug-likeness (QED) is 0.853. The minimum atomic E-state index is -0.411. The van der Waals surface area contributed by atoms with Crippen LogP contribution in [0.3, 0.4) is 0 Å². The second-order valence-electron chi connectivity index (χ2n) is 4.68. The van der Waals surface area contributed by atoms with Crippen molar-refractivity contribution in [2.45, 2.75) is 25.0 Å². The van der Waals surface area contributed by atoms with Gasteiger partial charge in [-0.05, 0) is 35.0 Å². The van der Waals surface area contributed by atoms with E-state index in [4.69, 9.17) is 16.2 Å². The number of hydrogen-bond donors (Lipinski definition) is 2. The van der Waals surface area contributed by atoms with Gasteiger partial charge in [0.1, 0.15) is 6.04 Å². The van der Waals surface area contributed by atoms with Gasteiger partial charge in [0.25, 0.3) is 0 Å². The van der Waals surface area contributed by atoms with Crippen LogP contribution in [0.15, 0.2) is 15.9 Å². The number of carbonyl (C=O) groups excluding carboxylic acids is 1. The van der Waals surface area contributed by atoms with Crippen LogP contribution >= 0.6 is 27.3 Å². The summed E-state index contributed by atoms with van der Waals surface area (Å²) in [6.45, 7) is 3.55. The van der Waals surface area contributed by atoms with Crippen LogP contribution in [-0.4, -0.2) is 42.6 Å². The van der Waals surface area contributed by atoms with Gasteiger partial charge in [0, 0.05) is 17.5 Å². The highest BCUT2D eigenvalue weighted by Gasteiger charge is 2.36. The number of thiophene rings is 1. The molecule has 1 fully saturated rings. The number of amides is 1. The van der Waals surface area contributed by atoms with Gasteiger partial charge >= 0.3 is 0 Å². The van der Waals surface area contributed by atoms with E-state index in [9.17, 15) is 4.79 Å². The largest absolute Gasteiger partial charge is 0.378 e. The van der Waals surface area contributed by atoms with Crippen molar-refractivity contribution in [3.05, 3.63) is 20.8 Å². The molecule has 19 heavy (non-hydrogen) atoms. The fourth-order valence-corrected chi connectivity index (χ4v) is 4.07. The first kappa shape index (κ1) is 14.9. The Morgan fingerprint density at radius 1 is 1.63 bits per heavy atom. The highest BCUT2D eigenvalue weighted by molar-refractivity contribution is 9.11. The van der Waals surface area contributed by atoms with Crippen molar-refractivity contribution >= 4 is 33.2 Å². The Kier molecular flexibility index (Phi) is 4.97. The van der Waals surface area contributed by atoms with Gasteiger partial charge in [0.2, 0.25) is 5.91 Å². The fourth-order valence-electron chi connectivity index (χ4n) is 2.41. The van der Waals surface area contributed by atoms with Crippen LogP contribution in [0.1, 0.15) is 17.8 Å². The molecule has 7 heteroatoms. The molecule has 0 bridgehead atoms. The van der Waals surface area contributed by atoms with E-state index in [1.165, 1.54) is 0 Å². The summed E-state index contributed by atoms with van der Waals surface area (Å²) in [4.78, 5) is 14.8. The molecule has 0 aliphatic carbocycles. The molecule has 0 aromatic carbocycles. The van der Waals surface area contributed by atoms with Crippen molar-refractivity contribution in [3.63, 3.8) is 0 Å². The summed E-state index contributed by atoms with van der Waals surface area (Å²) < 4.78 is 6.41. The number of halogens is 1. The lowest BCUT2D eigenvalue weighted by molar-refractivity contribution is -0.131. The highest BCUT2D eigenvalue weighted by atomic mass is 79.9. The first-order valence-corrected chi connectivity index (χ1v) is 7.75. The van der Waals surface area contributed by atoms with Crippen molar-refractivity contribution in [2.75, 3.05) is 19.8 Å². The van der Waals surface area contributed by atoms with E-state index in [0.29, 0.717) is 19.8 Å². The Balaban J connectivity index is 2.29. The van der Waals surface area contributed by atoms with Crippen LogP contribution in [0.4, 0.5) is 0 Å². The number of hydrogen-bond acceptors (Lipinski definition) is 5. The molecular formula is C12H18BrN3O2S. The number of nitrogens with zero attached hydrogens (tertiary/aromatic N) is 1. The minimum Gasteiger partial charge on any atom is -0.378 e. The third-order valence-electron chi connectivity index (χ3n) is 3.24. The van der Waals surface area contributed by atoms with Crippen molar-refractivity contribution in [3.8, 4) is 0 Å². The zero-order valence-corrected chi connectivity index (χ0v) is 13.1. The molecule has 0 spiro atoms. The van der Waals surface area contributed by atoms with E-state index in [-0.39, 0.29) is 18.0 Å². The normalized spacial score (nSPS) is 24.1. The first-order chi connectivity index (χ1) is 9.00. The Bertz CT molecular complexity index is 452. The average Bonchev–Trinajstić information content (AvgIpc) is 2.76. The van der Waals surface area contributed by atoms with E-state index in [1.54, 1.807) is 11.3 Å². The van der Waals surface area contributed by atoms with Crippen molar-refractivity contribution in [2.24, 2.45) is 11.5 Å². The topological polar surface area (TPSA) is 81.6 Å². The van der Waals surface area contributed by atoms with Crippen LogP contribution in [-0.2, 0) is 9.53 Å². The minimum absolute atomic E-state index is 0.0160. The third kappa shape index (κ3) is 3.35. The summed E-state index contributed by atoms with van der Waals surface area (Å²) in [5.41, 5.74) is 11.6. The van der Waals surface area contributed by atoms with E-state index in [0.717, 1.165) is 8.66 Å². The highest BCUT2D eigenvalue weighted by Crippen LogP contribution is 2.34. The molecule has 2 heterocycles. The zero-order chi connectivity index (χ0) is 14.0. The maximum atomic E-state index is 11.6. The smallest absolute Gasteiger partial charge is 0.237 e. The number of morpholine rings is 1. The lowest BCUT2D eigenvalue weighted by Crippen LogP contribution is -2.56. The van der Waals surface area contributed by atoms with Gasteiger partial charge in [-0.3, -0.25) is 9.69 Å². The number of nitrogens with two attached hydrogens (primary N) is 2. The van der Waals surface area contributed by atoms with Crippen molar-refractivity contribution in [1.29, 1.82) is 0 Å². The monoisotopic (exact) mass is 347 g/mol. The van der Waals surface area contributed by atoms with Crippen molar-refractivity contribution < 1.29 is 9.53 Å². The molecule has 0 radical (unpaired) electrons. The number of primary amides is 1. The molecule has 1 aliphatic rings. The molecule has 3 unspecified atom stereocenters. The summed E-state index contributed by atoms with van der Waals surface area (Å²) >= 11 is 5.09. The molecule has 1 amide bonds. The Morgan fingerprint density at radius 2 is 2.37 bits per heavy atom. The van der Waals surface area contributed by atoms with Gasteiger partial charge in [0.15, 0.2) is 0 Å². The van der Waals surface area contributed by atoms with Crippen molar-refractivity contribution in [1.82, 2.24) is 4.90 Å². The van der Waals surface area contributed by atoms with Crippen LogP contribution in [0.25, 0.3) is 0 Å². The molecule has 0 saturated carbocycles. The molecule has 5 nitrogen and oxygen atoms in total. The summed E-state index contributed by atoms with van der Waals surface area (Å²) in [6.07, 6.45) is 0. The fraction of sp³-hybridized carbons (Fsp3) is 0.583. The summed E-state index contributed by atoms with van der Waals surface area (Å²) in [5, 5.41) is 0. The maximum Gasteiger partial charge on any atom is 0.237 e. The number of rotatable bonds is 4. The zero-order valence-electron chi connectivity index (χ0n) is 10.7. The molecule has 3 atom stereocenters. The number of ether oxygens (including phenoxy) is 1. The lowest BCUT2D eigenvalue weighted by Gasteiger charge is -2.40. The summed E-state index contributed by atoms with van der Waals surface area (Å²) in [5.74, 6) is -0.360. The maximum absolute atomic E-state index is 11.6. The van der Waals surface area contributed by atoms with Crippen LogP contribution in [0.2, 0.25) is 0 Å². The van der Waals surface area contributed by atoms with Crippen LogP contribution in [0, 0.1) is 0 Å². The Hall–Kier alpha value is -0.470. The molecule has 4 N–H and O–H groups in total. The molecule has 1 saturated heterocycles. The lowest BCUT2D eigenvalue weighted by atomic mass is 10.0. The molecule has 2 rings (SSSR count). The molecule has 106 valence electrons. The summed E-state index contributed by atoms with van der Waals surface area (Å²) in [7, 11) is 0. The molecular weight excluding hydrogens is 330 g/mol. The summed E-state index contributed by atoms with van der Waals surface area (Å²) in [6, 6.07) is 3.51. The third-order valence-corrected chi connectivity index (χ3v) is 4.93. The van der Waals surface area contributed by atoms with E-state index < -0.39 is 6.04 Å². The SMILES string of the molecule is CC(N)C(c1ccc(Br)s1)N1CCOCC1C(N)=O. The van der Waals surface area contributed by atoms with Gasteiger partial charge in [-0.15, -0.1) is 11.3 Å². The van der Waals surface area contributed by atoms with Crippen LogP contribution < -0.4 is 11.5 Å².